The van der Waals surface area contributed by atoms with Gasteiger partial charge in [-0.25, -0.2) is 0 Å². The molecular weight excluding hydrogens is 206 g/mol. The zero-order valence-corrected chi connectivity index (χ0v) is 9.00. The molecule has 1 aromatic carbocycles. The lowest BCUT2D eigenvalue weighted by Crippen LogP contribution is -2.23. The molecule has 1 N–H and O–H groups in total. The number of benzene rings is 1. The van der Waals surface area contributed by atoms with E-state index in [1.165, 1.54) is 0 Å². The molecule has 1 aliphatic carbocycles. The van der Waals surface area contributed by atoms with Crippen LogP contribution in [0.5, 0.6) is 5.75 Å². The molecule has 84 valence electrons. The molecular formula is C11H13N3O2. The van der Waals surface area contributed by atoms with Crippen LogP contribution in [-0.4, -0.2) is 18.3 Å². The lowest BCUT2D eigenvalue weighted by atomic mass is 9.86. The number of hydrogen-bond acceptors (Lipinski definition) is 3. The molecule has 0 spiro atoms. The standard InChI is InChI=1S/C11H13N3O2/c1-16-8-4-2-7-3-5-10(13-14-12)11(15)9(7)6-8/h2,4,6,10-11,15H,3,5H2,1H3. The monoisotopic (exact) mass is 219 g/mol. The maximum atomic E-state index is 10.1. The predicted molar refractivity (Wildman–Crippen MR) is 59.2 cm³/mol. The van der Waals surface area contributed by atoms with Crippen LogP contribution in [-0.2, 0) is 6.42 Å². The van der Waals surface area contributed by atoms with Crippen molar-refractivity contribution in [2.75, 3.05) is 7.11 Å². The minimum absolute atomic E-state index is 0.371. The molecule has 0 bridgehead atoms. The third kappa shape index (κ3) is 1.83. The van der Waals surface area contributed by atoms with Crippen LogP contribution in [0.2, 0.25) is 0 Å². The van der Waals surface area contributed by atoms with Crippen molar-refractivity contribution in [1.29, 1.82) is 0 Å². The molecule has 0 heterocycles. The van der Waals surface area contributed by atoms with Crippen LogP contribution in [0.3, 0.4) is 0 Å². The molecule has 5 nitrogen and oxygen atoms in total. The van der Waals surface area contributed by atoms with Crippen molar-refractivity contribution in [2.45, 2.75) is 25.0 Å². The summed E-state index contributed by atoms with van der Waals surface area (Å²) in [5.74, 6) is 0.708. The maximum absolute atomic E-state index is 10.1. The third-order valence-electron chi connectivity index (χ3n) is 2.95. The molecule has 0 saturated carbocycles. The molecule has 16 heavy (non-hydrogen) atoms. The van der Waals surface area contributed by atoms with Gasteiger partial charge in [-0.05, 0) is 41.6 Å². The van der Waals surface area contributed by atoms with Gasteiger partial charge in [-0.3, -0.25) is 0 Å². The normalized spacial score (nSPS) is 23.1. The van der Waals surface area contributed by atoms with Gasteiger partial charge in [-0.2, -0.15) is 0 Å². The Labute approximate surface area is 93.3 Å². The number of ether oxygens (including phenoxy) is 1. The Bertz CT molecular complexity index is 441. The Morgan fingerprint density at radius 1 is 1.56 bits per heavy atom. The number of fused-ring (bicyclic) bond motifs is 1. The average Bonchev–Trinajstić information content (AvgIpc) is 2.33. The van der Waals surface area contributed by atoms with Crippen molar-refractivity contribution in [3.05, 3.63) is 39.8 Å². The highest BCUT2D eigenvalue weighted by Crippen LogP contribution is 2.34. The number of hydrogen-bond donors (Lipinski definition) is 1. The largest absolute Gasteiger partial charge is 0.497 e. The number of methoxy groups -OCH3 is 1. The molecule has 2 unspecified atom stereocenters. The summed E-state index contributed by atoms with van der Waals surface area (Å²) >= 11 is 0. The van der Waals surface area contributed by atoms with E-state index < -0.39 is 6.10 Å². The minimum Gasteiger partial charge on any atom is -0.497 e. The quantitative estimate of drug-likeness (QED) is 0.470. The van der Waals surface area contributed by atoms with Crippen molar-refractivity contribution < 1.29 is 9.84 Å². The Kier molecular flexibility index (Phi) is 2.99. The second-order valence-electron chi connectivity index (χ2n) is 3.82. The van der Waals surface area contributed by atoms with Gasteiger partial charge < -0.3 is 9.84 Å². The van der Waals surface area contributed by atoms with Gasteiger partial charge in [0.25, 0.3) is 0 Å². The lowest BCUT2D eigenvalue weighted by Gasteiger charge is -2.27. The van der Waals surface area contributed by atoms with E-state index in [1.807, 2.05) is 12.1 Å². The number of aryl methyl sites for hydroxylation is 1. The molecule has 5 heteroatoms. The van der Waals surface area contributed by atoms with Crippen molar-refractivity contribution in [1.82, 2.24) is 0 Å². The fourth-order valence-electron chi connectivity index (χ4n) is 2.06. The topological polar surface area (TPSA) is 78.2 Å². The van der Waals surface area contributed by atoms with Crippen LogP contribution >= 0.6 is 0 Å². The second kappa shape index (κ2) is 4.43. The summed E-state index contributed by atoms with van der Waals surface area (Å²) < 4.78 is 5.11. The van der Waals surface area contributed by atoms with E-state index >= 15 is 0 Å². The van der Waals surface area contributed by atoms with Crippen LogP contribution < -0.4 is 4.74 Å². The first-order valence-electron chi connectivity index (χ1n) is 5.15. The Hall–Kier alpha value is -1.71. The Balaban J connectivity index is 2.37. The van der Waals surface area contributed by atoms with E-state index in [2.05, 4.69) is 10.0 Å². The molecule has 0 saturated heterocycles. The van der Waals surface area contributed by atoms with Gasteiger partial charge in [-0.1, -0.05) is 11.2 Å². The molecule has 0 radical (unpaired) electrons. The molecule has 2 atom stereocenters. The molecule has 0 amide bonds. The number of nitrogens with zero attached hydrogens (tertiary/aromatic N) is 3. The molecule has 0 fully saturated rings. The van der Waals surface area contributed by atoms with Gasteiger partial charge in [0.15, 0.2) is 0 Å². The summed E-state index contributed by atoms with van der Waals surface area (Å²) in [4.78, 5) is 2.76. The molecule has 0 aromatic heterocycles. The number of rotatable bonds is 2. The number of azide groups is 1. The van der Waals surface area contributed by atoms with Crippen molar-refractivity contribution in [3.63, 3.8) is 0 Å². The van der Waals surface area contributed by atoms with E-state index in [9.17, 15) is 5.11 Å². The summed E-state index contributed by atoms with van der Waals surface area (Å²) in [6.07, 6.45) is 0.778. The Morgan fingerprint density at radius 3 is 3.06 bits per heavy atom. The van der Waals surface area contributed by atoms with Crippen LogP contribution in [0.4, 0.5) is 0 Å². The van der Waals surface area contributed by atoms with Gasteiger partial charge in [0.1, 0.15) is 5.75 Å². The molecule has 2 rings (SSSR count). The summed E-state index contributed by atoms with van der Waals surface area (Å²) in [7, 11) is 1.59. The van der Waals surface area contributed by atoms with Crippen molar-refractivity contribution >= 4 is 0 Å². The highest BCUT2D eigenvalue weighted by molar-refractivity contribution is 5.39. The van der Waals surface area contributed by atoms with Crippen LogP contribution in [0, 0.1) is 0 Å². The molecule has 1 aliphatic rings. The molecule has 0 aliphatic heterocycles. The third-order valence-corrected chi connectivity index (χ3v) is 2.95. The minimum atomic E-state index is -0.727. The zero-order valence-electron chi connectivity index (χ0n) is 9.00. The van der Waals surface area contributed by atoms with Crippen molar-refractivity contribution in [2.24, 2.45) is 5.11 Å². The van der Waals surface area contributed by atoms with Gasteiger partial charge in [0, 0.05) is 4.91 Å². The van der Waals surface area contributed by atoms with E-state index in [4.69, 9.17) is 10.3 Å². The highest BCUT2D eigenvalue weighted by atomic mass is 16.5. The van der Waals surface area contributed by atoms with Gasteiger partial charge in [0.2, 0.25) is 0 Å². The van der Waals surface area contributed by atoms with Crippen LogP contribution in [0.15, 0.2) is 23.3 Å². The lowest BCUT2D eigenvalue weighted by molar-refractivity contribution is 0.133. The first-order valence-corrected chi connectivity index (χ1v) is 5.15. The average molecular weight is 219 g/mol. The van der Waals surface area contributed by atoms with Crippen LogP contribution in [0.25, 0.3) is 10.4 Å². The summed E-state index contributed by atoms with van der Waals surface area (Å²) in [5.41, 5.74) is 10.3. The van der Waals surface area contributed by atoms with Gasteiger partial charge in [-0.15, -0.1) is 0 Å². The van der Waals surface area contributed by atoms with E-state index in [0.717, 1.165) is 17.5 Å². The van der Waals surface area contributed by atoms with Gasteiger partial charge in [0.05, 0.1) is 19.3 Å². The first kappa shape index (κ1) is 10.8. The highest BCUT2D eigenvalue weighted by Gasteiger charge is 2.27. The van der Waals surface area contributed by atoms with Crippen LogP contribution in [0.1, 0.15) is 23.7 Å². The zero-order chi connectivity index (χ0) is 11.5. The van der Waals surface area contributed by atoms with Gasteiger partial charge >= 0.3 is 0 Å². The fourth-order valence-corrected chi connectivity index (χ4v) is 2.06. The second-order valence-corrected chi connectivity index (χ2v) is 3.82. The SMILES string of the molecule is COc1ccc2c(c1)C(O)C(N=[N+]=[N-])CC2. The number of aliphatic hydroxyl groups excluding tert-OH is 1. The summed E-state index contributed by atoms with van der Waals surface area (Å²) in [6.45, 7) is 0. The Morgan fingerprint density at radius 2 is 2.38 bits per heavy atom. The summed E-state index contributed by atoms with van der Waals surface area (Å²) in [5, 5.41) is 13.7. The van der Waals surface area contributed by atoms with E-state index in [1.54, 1.807) is 13.2 Å². The molecule has 1 aromatic rings. The smallest absolute Gasteiger partial charge is 0.119 e. The predicted octanol–water partition coefficient (Wildman–Crippen LogP) is 2.35. The van der Waals surface area contributed by atoms with E-state index in [0.29, 0.717) is 12.2 Å². The maximum Gasteiger partial charge on any atom is 0.119 e. The van der Waals surface area contributed by atoms with E-state index in [-0.39, 0.29) is 6.04 Å². The fraction of sp³-hybridized carbons (Fsp3) is 0.455. The first-order chi connectivity index (χ1) is 7.76. The number of aliphatic hydroxyl groups is 1. The summed E-state index contributed by atoms with van der Waals surface area (Å²) in [6, 6.07) is 5.26. The van der Waals surface area contributed by atoms with Crippen molar-refractivity contribution in [3.8, 4) is 5.75 Å².